The lowest BCUT2D eigenvalue weighted by molar-refractivity contribution is 0.0951. The molecule has 0 bridgehead atoms. The lowest BCUT2D eigenvalue weighted by Crippen LogP contribution is -2.25. The number of rotatable bonds is 6. The third kappa shape index (κ3) is 4.70. The Morgan fingerprint density at radius 1 is 1.00 bits per heavy atom. The maximum absolute atomic E-state index is 12.1. The van der Waals surface area contributed by atoms with E-state index in [0.29, 0.717) is 17.3 Å². The van der Waals surface area contributed by atoms with E-state index in [-0.39, 0.29) is 5.91 Å². The SMILES string of the molecule is O=C(NC1CC1)c1ccc(NS(=O)(=O)/C=C/c2ccccc2)cc1. The minimum absolute atomic E-state index is 0.129. The number of hydrogen-bond acceptors (Lipinski definition) is 3. The summed E-state index contributed by atoms with van der Waals surface area (Å²) in [5.74, 6) is -0.129. The van der Waals surface area contributed by atoms with Gasteiger partial charge in [0.15, 0.2) is 0 Å². The van der Waals surface area contributed by atoms with Crippen molar-refractivity contribution >= 4 is 27.7 Å². The lowest BCUT2D eigenvalue weighted by atomic mass is 10.2. The van der Waals surface area contributed by atoms with Crippen LogP contribution in [0.2, 0.25) is 0 Å². The monoisotopic (exact) mass is 342 g/mol. The van der Waals surface area contributed by atoms with Gasteiger partial charge in [-0.2, -0.15) is 0 Å². The second kappa shape index (κ2) is 6.88. The van der Waals surface area contributed by atoms with Crippen molar-refractivity contribution in [3.63, 3.8) is 0 Å². The third-order valence-electron chi connectivity index (χ3n) is 3.56. The maximum Gasteiger partial charge on any atom is 0.255 e. The van der Waals surface area contributed by atoms with Gasteiger partial charge in [0.1, 0.15) is 0 Å². The van der Waals surface area contributed by atoms with Crippen LogP contribution in [0, 0.1) is 0 Å². The molecule has 0 atom stereocenters. The van der Waals surface area contributed by atoms with Gasteiger partial charge in [-0.25, -0.2) is 8.42 Å². The fourth-order valence-electron chi connectivity index (χ4n) is 2.12. The molecule has 0 spiro atoms. The van der Waals surface area contributed by atoms with Gasteiger partial charge in [0, 0.05) is 17.3 Å². The van der Waals surface area contributed by atoms with E-state index in [2.05, 4.69) is 10.0 Å². The minimum atomic E-state index is -3.61. The molecule has 6 heteroatoms. The highest BCUT2D eigenvalue weighted by atomic mass is 32.2. The number of benzene rings is 2. The van der Waals surface area contributed by atoms with E-state index in [0.717, 1.165) is 23.8 Å². The highest BCUT2D eigenvalue weighted by molar-refractivity contribution is 7.95. The van der Waals surface area contributed by atoms with Crippen molar-refractivity contribution in [2.24, 2.45) is 0 Å². The number of sulfonamides is 1. The Morgan fingerprint density at radius 3 is 2.29 bits per heavy atom. The van der Waals surface area contributed by atoms with E-state index in [1.807, 2.05) is 30.3 Å². The normalized spacial score (nSPS) is 14.5. The number of hydrogen-bond donors (Lipinski definition) is 2. The molecular formula is C18H18N2O3S. The minimum Gasteiger partial charge on any atom is -0.349 e. The van der Waals surface area contributed by atoms with Crippen molar-refractivity contribution in [1.82, 2.24) is 5.32 Å². The Labute approximate surface area is 141 Å². The first kappa shape index (κ1) is 16.3. The molecule has 0 radical (unpaired) electrons. The van der Waals surface area contributed by atoms with Crippen LogP contribution in [0.25, 0.3) is 6.08 Å². The first-order valence-corrected chi connectivity index (χ1v) is 9.23. The van der Waals surface area contributed by atoms with Crippen LogP contribution in [0.3, 0.4) is 0 Å². The summed E-state index contributed by atoms with van der Waals surface area (Å²) < 4.78 is 26.6. The highest BCUT2D eigenvalue weighted by Gasteiger charge is 2.23. The van der Waals surface area contributed by atoms with Crippen LogP contribution >= 0.6 is 0 Å². The third-order valence-corrected chi connectivity index (χ3v) is 4.57. The van der Waals surface area contributed by atoms with Crippen LogP contribution < -0.4 is 10.0 Å². The second-order valence-corrected chi connectivity index (χ2v) is 7.25. The van der Waals surface area contributed by atoms with Crippen LogP contribution in [0.1, 0.15) is 28.8 Å². The first-order chi connectivity index (χ1) is 11.5. The largest absolute Gasteiger partial charge is 0.349 e. The van der Waals surface area contributed by atoms with Crippen LogP contribution in [0.4, 0.5) is 5.69 Å². The van der Waals surface area contributed by atoms with Crippen LogP contribution in [0.5, 0.6) is 0 Å². The molecule has 3 rings (SSSR count). The van der Waals surface area contributed by atoms with Gasteiger partial charge in [-0.3, -0.25) is 9.52 Å². The van der Waals surface area contributed by atoms with E-state index in [1.54, 1.807) is 24.3 Å². The number of amides is 1. The smallest absolute Gasteiger partial charge is 0.255 e. The molecule has 2 aromatic rings. The lowest BCUT2D eigenvalue weighted by Gasteiger charge is -2.06. The number of carbonyl (C=O) groups excluding carboxylic acids is 1. The predicted molar refractivity (Wildman–Crippen MR) is 94.9 cm³/mol. The Hall–Kier alpha value is -2.60. The summed E-state index contributed by atoms with van der Waals surface area (Å²) >= 11 is 0. The average molecular weight is 342 g/mol. The number of nitrogens with one attached hydrogen (secondary N) is 2. The van der Waals surface area contributed by atoms with E-state index in [9.17, 15) is 13.2 Å². The summed E-state index contributed by atoms with van der Waals surface area (Å²) in [6.07, 6.45) is 3.58. The van der Waals surface area contributed by atoms with Crippen molar-refractivity contribution in [2.75, 3.05) is 4.72 Å². The Morgan fingerprint density at radius 2 is 1.67 bits per heavy atom. The van der Waals surface area contributed by atoms with Crippen molar-refractivity contribution in [2.45, 2.75) is 18.9 Å². The summed E-state index contributed by atoms with van der Waals surface area (Å²) in [7, 11) is -3.61. The number of anilines is 1. The van der Waals surface area contributed by atoms with E-state index < -0.39 is 10.0 Å². The fraction of sp³-hybridized carbons (Fsp3) is 0.167. The zero-order valence-electron chi connectivity index (χ0n) is 13.0. The molecule has 0 saturated heterocycles. The van der Waals surface area contributed by atoms with E-state index in [4.69, 9.17) is 0 Å². The molecule has 1 aliphatic carbocycles. The molecule has 24 heavy (non-hydrogen) atoms. The van der Waals surface area contributed by atoms with Crippen molar-refractivity contribution in [1.29, 1.82) is 0 Å². The maximum atomic E-state index is 12.1. The molecule has 2 aromatic carbocycles. The molecule has 5 nitrogen and oxygen atoms in total. The molecule has 1 aliphatic rings. The molecule has 0 heterocycles. The summed E-state index contributed by atoms with van der Waals surface area (Å²) in [5.41, 5.74) is 1.73. The zero-order valence-corrected chi connectivity index (χ0v) is 13.8. The molecule has 124 valence electrons. The Kier molecular flexibility index (Phi) is 4.66. The molecule has 0 aliphatic heterocycles. The zero-order chi connectivity index (χ0) is 17.0. The molecule has 0 aromatic heterocycles. The fourth-order valence-corrected chi connectivity index (χ4v) is 2.99. The highest BCUT2D eigenvalue weighted by Crippen LogP contribution is 2.20. The van der Waals surface area contributed by atoms with Gasteiger partial charge in [-0.05, 0) is 48.7 Å². The van der Waals surface area contributed by atoms with Crippen molar-refractivity contribution in [3.05, 3.63) is 71.1 Å². The molecule has 1 saturated carbocycles. The van der Waals surface area contributed by atoms with Gasteiger partial charge in [-0.15, -0.1) is 0 Å². The van der Waals surface area contributed by atoms with Crippen LogP contribution in [-0.4, -0.2) is 20.4 Å². The molecule has 0 unspecified atom stereocenters. The Balaban J connectivity index is 1.64. The van der Waals surface area contributed by atoms with Gasteiger partial charge in [0.05, 0.1) is 5.41 Å². The quantitative estimate of drug-likeness (QED) is 0.847. The topological polar surface area (TPSA) is 75.3 Å². The van der Waals surface area contributed by atoms with Gasteiger partial charge >= 0.3 is 0 Å². The molecular weight excluding hydrogens is 324 g/mol. The summed E-state index contributed by atoms with van der Waals surface area (Å²) in [4.78, 5) is 11.9. The summed E-state index contributed by atoms with van der Waals surface area (Å²) in [6.45, 7) is 0. The molecule has 1 fully saturated rings. The van der Waals surface area contributed by atoms with Crippen LogP contribution in [-0.2, 0) is 10.0 Å². The van der Waals surface area contributed by atoms with Crippen molar-refractivity contribution in [3.8, 4) is 0 Å². The van der Waals surface area contributed by atoms with Gasteiger partial charge in [0.2, 0.25) is 0 Å². The van der Waals surface area contributed by atoms with Gasteiger partial charge in [-0.1, -0.05) is 30.3 Å². The summed E-state index contributed by atoms with van der Waals surface area (Å²) in [5, 5.41) is 4.01. The molecule has 1 amide bonds. The van der Waals surface area contributed by atoms with Gasteiger partial charge < -0.3 is 5.32 Å². The predicted octanol–water partition coefficient (Wildman–Crippen LogP) is 2.99. The first-order valence-electron chi connectivity index (χ1n) is 7.69. The molecule has 2 N–H and O–H groups in total. The van der Waals surface area contributed by atoms with Gasteiger partial charge in [0.25, 0.3) is 15.9 Å². The van der Waals surface area contributed by atoms with E-state index in [1.165, 1.54) is 6.08 Å². The average Bonchev–Trinajstić information content (AvgIpc) is 3.38. The van der Waals surface area contributed by atoms with E-state index >= 15 is 0 Å². The summed E-state index contributed by atoms with van der Waals surface area (Å²) in [6, 6.07) is 15.8. The second-order valence-electron chi connectivity index (χ2n) is 5.69. The van der Waals surface area contributed by atoms with Crippen molar-refractivity contribution < 1.29 is 13.2 Å². The standard InChI is InChI=1S/C18H18N2O3S/c21-18(19-16-10-11-16)15-6-8-17(9-7-15)20-24(22,23)13-12-14-4-2-1-3-5-14/h1-9,12-13,16,20H,10-11H2,(H,19,21)/b13-12+. The number of carbonyl (C=O) groups is 1. The Bertz CT molecular complexity index is 840. The van der Waals surface area contributed by atoms with Crippen LogP contribution in [0.15, 0.2) is 60.0 Å².